The Morgan fingerprint density at radius 3 is 2.48 bits per heavy atom. The number of nitrogens with zero attached hydrogens (tertiary/aromatic N) is 3. The van der Waals surface area contributed by atoms with Crippen molar-refractivity contribution in [3.8, 4) is 0 Å². The predicted octanol–water partition coefficient (Wildman–Crippen LogP) is 4.31. The second-order valence-electron chi connectivity index (χ2n) is 7.29. The van der Waals surface area contributed by atoms with Crippen LogP contribution in [0.4, 0.5) is 5.69 Å². The molecule has 162 valence electrons. The number of amides is 2. The van der Waals surface area contributed by atoms with Gasteiger partial charge in [-0.3, -0.25) is 9.59 Å². The molecule has 0 unspecified atom stereocenters. The average molecular weight is 458 g/mol. The summed E-state index contributed by atoms with van der Waals surface area (Å²) >= 11 is 7.38. The van der Waals surface area contributed by atoms with Crippen molar-refractivity contribution in [2.24, 2.45) is 7.05 Å². The molecule has 0 saturated carbocycles. The normalized spacial score (nSPS) is 11.8. The molecule has 0 aliphatic rings. The maximum atomic E-state index is 12.5. The van der Waals surface area contributed by atoms with E-state index in [1.54, 1.807) is 35.9 Å². The van der Waals surface area contributed by atoms with E-state index >= 15 is 0 Å². The first-order chi connectivity index (χ1) is 14.7. The number of carbonyl (C=O) groups is 2. The number of anilines is 1. The first kappa shape index (κ1) is 22.8. The van der Waals surface area contributed by atoms with Gasteiger partial charge in [0, 0.05) is 12.7 Å². The number of aromatic nitrogens is 3. The highest BCUT2D eigenvalue weighted by atomic mass is 35.5. The molecule has 1 atom stereocenters. The molecule has 2 amide bonds. The lowest BCUT2D eigenvalue weighted by atomic mass is 10.1. The minimum Gasteiger partial charge on any atom is -0.342 e. The third kappa shape index (κ3) is 5.86. The highest BCUT2D eigenvalue weighted by Crippen LogP contribution is 2.21. The monoisotopic (exact) mass is 457 g/mol. The zero-order valence-electron chi connectivity index (χ0n) is 17.8. The van der Waals surface area contributed by atoms with Gasteiger partial charge in [0.15, 0.2) is 11.0 Å². The van der Waals surface area contributed by atoms with Crippen LogP contribution in [-0.4, -0.2) is 32.3 Å². The van der Waals surface area contributed by atoms with E-state index in [-0.39, 0.29) is 23.6 Å². The van der Waals surface area contributed by atoms with Gasteiger partial charge in [0.1, 0.15) is 0 Å². The lowest BCUT2D eigenvalue weighted by Crippen LogP contribution is -2.28. The van der Waals surface area contributed by atoms with Crippen molar-refractivity contribution in [3.05, 3.63) is 70.0 Å². The second-order valence-corrected chi connectivity index (χ2v) is 8.64. The van der Waals surface area contributed by atoms with E-state index in [1.807, 2.05) is 32.9 Å². The number of rotatable bonds is 7. The number of benzene rings is 2. The third-order valence-corrected chi connectivity index (χ3v) is 5.91. The van der Waals surface area contributed by atoms with Crippen molar-refractivity contribution >= 4 is 40.9 Å². The number of halogens is 1. The predicted molar refractivity (Wildman–Crippen MR) is 124 cm³/mol. The molecule has 0 spiro atoms. The first-order valence-electron chi connectivity index (χ1n) is 9.70. The van der Waals surface area contributed by atoms with Gasteiger partial charge in [0.2, 0.25) is 5.91 Å². The van der Waals surface area contributed by atoms with Gasteiger partial charge >= 0.3 is 0 Å². The Balaban J connectivity index is 1.59. The molecular formula is C22H24ClN5O2S. The standard InChI is InChI=1S/C22H24ClN5O2S/c1-13-9-14(2)11-16(10-13)25-19(29)12-31-22-27-26-20(28(22)4)15(3)24-21(30)17-7-5-6-8-18(17)23/h5-11,15H,12H2,1-4H3,(H,24,30)(H,25,29)/t15-/m1/s1. The summed E-state index contributed by atoms with van der Waals surface area (Å²) in [6, 6.07) is 12.4. The van der Waals surface area contributed by atoms with Gasteiger partial charge < -0.3 is 15.2 Å². The van der Waals surface area contributed by atoms with Gasteiger partial charge in [-0.25, -0.2) is 0 Å². The minimum absolute atomic E-state index is 0.125. The second kappa shape index (κ2) is 9.98. The quantitative estimate of drug-likeness (QED) is 0.516. The lowest BCUT2D eigenvalue weighted by Gasteiger charge is -2.14. The van der Waals surface area contributed by atoms with Crippen LogP contribution in [0.15, 0.2) is 47.6 Å². The van der Waals surface area contributed by atoms with Gasteiger partial charge in [-0.15, -0.1) is 10.2 Å². The zero-order valence-corrected chi connectivity index (χ0v) is 19.3. The Morgan fingerprint density at radius 1 is 1.13 bits per heavy atom. The van der Waals surface area contributed by atoms with E-state index in [0.29, 0.717) is 21.6 Å². The summed E-state index contributed by atoms with van der Waals surface area (Å²) in [6.45, 7) is 5.80. The molecule has 0 radical (unpaired) electrons. The van der Waals surface area contributed by atoms with E-state index in [1.165, 1.54) is 11.8 Å². The van der Waals surface area contributed by atoms with Gasteiger partial charge in [0.05, 0.1) is 22.4 Å². The van der Waals surface area contributed by atoms with Crippen LogP contribution < -0.4 is 10.6 Å². The van der Waals surface area contributed by atoms with Crippen molar-refractivity contribution in [2.75, 3.05) is 11.1 Å². The lowest BCUT2D eigenvalue weighted by molar-refractivity contribution is -0.113. The molecule has 3 rings (SSSR count). The van der Waals surface area contributed by atoms with Crippen molar-refractivity contribution in [3.63, 3.8) is 0 Å². The van der Waals surface area contributed by atoms with Crippen LogP contribution >= 0.6 is 23.4 Å². The van der Waals surface area contributed by atoms with Gasteiger partial charge in [0.25, 0.3) is 5.91 Å². The summed E-state index contributed by atoms with van der Waals surface area (Å²) in [4.78, 5) is 24.8. The maximum absolute atomic E-state index is 12.5. The van der Waals surface area contributed by atoms with Crippen LogP contribution in [-0.2, 0) is 11.8 Å². The van der Waals surface area contributed by atoms with Crippen molar-refractivity contribution in [2.45, 2.75) is 32.0 Å². The summed E-state index contributed by atoms with van der Waals surface area (Å²) in [5.74, 6) is 0.361. The van der Waals surface area contributed by atoms with Crippen LogP contribution in [0.25, 0.3) is 0 Å². The van der Waals surface area contributed by atoms with Crippen LogP contribution in [0.2, 0.25) is 5.02 Å². The van der Waals surface area contributed by atoms with Gasteiger partial charge in [-0.1, -0.05) is 41.6 Å². The number of aryl methyl sites for hydroxylation is 2. The average Bonchev–Trinajstić information content (AvgIpc) is 3.06. The molecule has 2 aromatic carbocycles. The molecule has 9 heteroatoms. The Kier molecular flexibility index (Phi) is 7.35. The molecular weight excluding hydrogens is 434 g/mol. The fourth-order valence-electron chi connectivity index (χ4n) is 3.19. The largest absolute Gasteiger partial charge is 0.342 e. The number of hydrogen-bond donors (Lipinski definition) is 2. The summed E-state index contributed by atoms with van der Waals surface area (Å²) < 4.78 is 1.77. The Hall–Kier alpha value is -2.84. The smallest absolute Gasteiger partial charge is 0.253 e. The van der Waals surface area contributed by atoms with Crippen molar-refractivity contribution in [1.82, 2.24) is 20.1 Å². The fraction of sp³-hybridized carbons (Fsp3) is 0.273. The highest BCUT2D eigenvalue weighted by Gasteiger charge is 2.20. The number of carbonyl (C=O) groups excluding carboxylic acids is 2. The molecule has 0 fully saturated rings. The molecule has 0 aliphatic carbocycles. The first-order valence-corrected chi connectivity index (χ1v) is 11.1. The van der Waals surface area contributed by atoms with E-state index in [4.69, 9.17) is 11.6 Å². The molecule has 0 saturated heterocycles. The Bertz CT molecular complexity index is 1090. The zero-order chi connectivity index (χ0) is 22.5. The van der Waals surface area contributed by atoms with E-state index in [2.05, 4.69) is 26.9 Å². The van der Waals surface area contributed by atoms with Gasteiger partial charge in [-0.2, -0.15) is 0 Å². The van der Waals surface area contributed by atoms with Crippen molar-refractivity contribution in [1.29, 1.82) is 0 Å². The summed E-state index contributed by atoms with van der Waals surface area (Å²) in [6.07, 6.45) is 0. The summed E-state index contributed by atoms with van der Waals surface area (Å²) in [5.41, 5.74) is 3.36. The molecule has 31 heavy (non-hydrogen) atoms. The van der Waals surface area contributed by atoms with Crippen LogP contribution in [0, 0.1) is 13.8 Å². The molecule has 1 aromatic heterocycles. The van der Waals surface area contributed by atoms with E-state index < -0.39 is 0 Å². The Morgan fingerprint density at radius 2 is 1.81 bits per heavy atom. The molecule has 0 aliphatic heterocycles. The van der Waals surface area contributed by atoms with Crippen molar-refractivity contribution < 1.29 is 9.59 Å². The number of thioether (sulfide) groups is 1. The van der Waals surface area contributed by atoms with Crippen LogP contribution in [0.5, 0.6) is 0 Å². The maximum Gasteiger partial charge on any atom is 0.253 e. The topological polar surface area (TPSA) is 88.9 Å². The third-order valence-electron chi connectivity index (χ3n) is 4.56. The summed E-state index contributed by atoms with van der Waals surface area (Å²) in [7, 11) is 1.80. The molecule has 0 bridgehead atoms. The van der Waals surface area contributed by atoms with Gasteiger partial charge in [-0.05, 0) is 56.2 Å². The van der Waals surface area contributed by atoms with Crippen LogP contribution in [0.3, 0.4) is 0 Å². The molecule has 1 heterocycles. The summed E-state index contributed by atoms with van der Waals surface area (Å²) in [5, 5.41) is 15.1. The SMILES string of the molecule is Cc1cc(C)cc(NC(=O)CSc2nnc([C@@H](C)NC(=O)c3ccccc3Cl)n2C)c1. The molecule has 2 N–H and O–H groups in total. The number of hydrogen-bond acceptors (Lipinski definition) is 5. The molecule has 3 aromatic rings. The van der Waals surface area contributed by atoms with E-state index in [9.17, 15) is 9.59 Å². The van der Waals surface area contributed by atoms with E-state index in [0.717, 1.165) is 16.8 Å². The number of nitrogens with one attached hydrogen (secondary N) is 2. The minimum atomic E-state index is -0.389. The molecule has 7 nitrogen and oxygen atoms in total. The highest BCUT2D eigenvalue weighted by molar-refractivity contribution is 7.99. The van der Waals surface area contributed by atoms with Crippen LogP contribution in [0.1, 0.15) is 40.3 Å². The Labute approximate surface area is 190 Å². The fourth-order valence-corrected chi connectivity index (χ4v) is 4.13.